The number of phenols is 1. The number of nitrogens with two attached hydrogens (primary N) is 1. The maximum Gasteiger partial charge on any atom is 0.256 e. The fourth-order valence-electron chi connectivity index (χ4n) is 8.39. The minimum Gasteiger partial charge on any atom is -0.508 e. The Morgan fingerprint density at radius 1 is 0.662 bits per heavy atom. The second-order valence-corrected chi connectivity index (χ2v) is 19.9. The number of carbonyl (C=O) groups is 10. The van der Waals surface area contributed by atoms with Gasteiger partial charge in [0.05, 0.1) is 6.61 Å². The number of thiol groups is 2. The molecule has 0 spiro atoms. The van der Waals surface area contributed by atoms with E-state index in [0.717, 1.165) is 0 Å². The zero-order valence-corrected chi connectivity index (χ0v) is 43.4. The molecule has 1 aromatic carbocycles. The first kappa shape index (κ1) is 59.7. The van der Waals surface area contributed by atoms with Crippen molar-refractivity contribution in [1.82, 2.24) is 47.0 Å². The molecule has 1 aromatic rings. The highest BCUT2D eigenvalue weighted by Crippen LogP contribution is 2.23. The molecule has 10 atom stereocenters. The Morgan fingerprint density at radius 3 is 1.59 bits per heavy atom. The van der Waals surface area contributed by atoms with Gasteiger partial charge >= 0.3 is 0 Å². The Morgan fingerprint density at radius 2 is 1.13 bits per heavy atom. The maximum absolute atomic E-state index is 14.7. The standard InChI is InChI=1S/C47H74N10O12S2/c1-8-26(6)37(55-41(64)33(22-58)53-43(66)36-12-10-18-57(36)47(69)45(71)49-27(7)59)44(67)52-32(21-28-13-15-29(60)16-14-28)46(68)56-17-9-11-35(56)42(65)51-31(20-25(4)5)39(62)50-30(19-24(2)3)40(63)54-34(23-70)38(48)61/h13-16,24-26,30-37,45,58,60,70-71H,8-12,17-23H2,1-7H3,(H2,48,61)(H,49,59)(H,50,62)(H,51,65)(H,52,67)(H,53,66)(H,54,63)(H,55,64)/t26-,30-,31-,32-,33-,34-,35-,36-,37-,45-/m0/s1. The zero-order valence-electron chi connectivity index (χ0n) is 41.6. The van der Waals surface area contributed by atoms with Crippen LogP contribution in [-0.4, -0.2) is 158 Å². The molecular weight excluding hydrogens is 961 g/mol. The van der Waals surface area contributed by atoms with Crippen LogP contribution < -0.4 is 43.0 Å². The summed E-state index contributed by atoms with van der Waals surface area (Å²) >= 11 is 8.23. The number of primary amides is 1. The SMILES string of the molecule is CC[C@H](C)[C@H](NC(=O)[C@H](CO)NC(=O)[C@@H]1CCCN1C(=O)[C@H](S)NC(C)=O)C(=O)N[C@@H](Cc1ccc(O)cc1)C(=O)N1CCC[C@H]1C(=O)N[C@@H](CC(C)C)C(=O)N[C@@H](CC(C)C)C(=O)N[C@@H](CS)C(N)=O. The molecular formula is C47H74N10O12S2. The quantitative estimate of drug-likeness (QED) is 0.0383. The first-order valence-electron chi connectivity index (χ1n) is 24.1. The molecule has 2 aliphatic heterocycles. The molecule has 0 bridgehead atoms. The molecule has 0 aromatic heterocycles. The molecule has 3 rings (SSSR count). The molecule has 0 radical (unpaired) electrons. The lowest BCUT2D eigenvalue weighted by Crippen LogP contribution is -2.61. The zero-order chi connectivity index (χ0) is 53.3. The van der Waals surface area contributed by atoms with E-state index in [1.54, 1.807) is 26.0 Å². The van der Waals surface area contributed by atoms with E-state index in [-0.39, 0.29) is 68.5 Å². The number of carbonyl (C=O) groups excluding carboxylic acids is 10. The molecule has 11 N–H and O–H groups in total. The topological polar surface area (TPSA) is 328 Å². The molecule has 24 heteroatoms. The molecule has 2 aliphatic rings. The Kier molecular flexibility index (Phi) is 23.9. The van der Waals surface area contributed by atoms with Gasteiger partial charge in [-0.05, 0) is 74.0 Å². The van der Waals surface area contributed by atoms with Crippen molar-refractivity contribution in [2.45, 2.75) is 154 Å². The summed E-state index contributed by atoms with van der Waals surface area (Å²) in [5.41, 5.74) is 5.93. The lowest BCUT2D eigenvalue weighted by molar-refractivity contribution is -0.143. The lowest BCUT2D eigenvalue weighted by Gasteiger charge is -2.32. The van der Waals surface area contributed by atoms with E-state index in [0.29, 0.717) is 24.8 Å². The largest absolute Gasteiger partial charge is 0.508 e. The number of nitrogens with zero attached hydrogens (tertiary/aromatic N) is 2. The summed E-state index contributed by atoms with van der Waals surface area (Å²) in [5, 5.41) is 37.3. The molecule has 0 aliphatic carbocycles. The van der Waals surface area contributed by atoms with E-state index in [9.17, 15) is 58.2 Å². The summed E-state index contributed by atoms with van der Waals surface area (Å²) in [7, 11) is 0. The number of hydrogen-bond donors (Lipinski definition) is 12. The molecule has 22 nitrogen and oxygen atoms in total. The van der Waals surface area contributed by atoms with Crippen molar-refractivity contribution < 1.29 is 58.2 Å². The summed E-state index contributed by atoms with van der Waals surface area (Å²) in [6.45, 7) is 11.5. The lowest BCUT2D eigenvalue weighted by atomic mass is 9.96. The van der Waals surface area contributed by atoms with Crippen molar-refractivity contribution in [3.05, 3.63) is 29.8 Å². The minimum atomic E-state index is -1.56. The van der Waals surface area contributed by atoms with Gasteiger partial charge in [0.1, 0.15) is 54.1 Å². The van der Waals surface area contributed by atoms with Gasteiger partial charge in [-0.15, -0.1) is 12.6 Å². The van der Waals surface area contributed by atoms with Crippen LogP contribution in [0.3, 0.4) is 0 Å². The van der Waals surface area contributed by atoms with E-state index in [4.69, 9.17) is 5.73 Å². The second kappa shape index (κ2) is 28.4. The molecule has 2 fully saturated rings. The summed E-state index contributed by atoms with van der Waals surface area (Å²) in [6.07, 6.45) is 1.88. The van der Waals surface area contributed by atoms with Gasteiger partial charge in [-0.3, -0.25) is 47.9 Å². The number of likely N-dealkylation sites (tertiary alicyclic amines) is 2. The van der Waals surface area contributed by atoms with E-state index in [2.05, 4.69) is 62.5 Å². The van der Waals surface area contributed by atoms with E-state index in [1.165, 1.54) is 28.9 Å². The molecule has 0 unspecified atom stereocenters. The number of rotatable bonds is 26. The first-order chi connectivity index (χ1) is 33.4. The van der Waals surface area contributed by atoms with Crippen molar-refractivity contribution >= 4 is 84.3 Å². The van der Waals surface area contributed by atoms with Gasteiger partial charge in [-0.1, -0.05) is 60.1 Å². The molecule has 71 heavy (non-hydrogen) atoms. The molecule has 10 amide bonds. The van der Waals surface area contributed by atoms with Crippen molar-refractivity contribution in [3.63, 3.8) is 0 Å². The van der Waals surface area contributed by atoms with E-state index >= 15 is 0 Å². The highest BCUT2D eigenvalue weighted by molar-refractivity contribution is 7.81. The predicted molar refractivity (Wildman–Crippen MR) is 268 cm³/mol. The number of nitrogens with one attached hydrogen (secondary N) is 7. The van der Waals surface area contributed by atoms with Crippen molar-refractivity contribution in [3.8, 4) is 5.75 Å². The van der Waals surface area contributed by atoms with Gasteiger partial charge in [0, 0.05) is 32.2 Å². The van der Waals surface area contributed by atoms with Gasteiger partial charge in [0.25, 0.3) is 5.91 Å². The smallest absolute Gasteiger partial charge is 0.256 e. The molecule has 0 saturated carbocycles. The van der Waals surface area contributed by atoms with Gasteiger partial charge in [-0.25, -0.2) is 0 Å². The van der Waals surface area contributed by atoms with Crippen LogP contribution in [0.1, 0.15) is 99.0 Å². The van der Waals surface area contributed by atoms with Gasteiger partial charge in [0.2, 0.25) is 53.2 Å². The Balaban J connectivity index is 1.86. The summed E-state index contributed by atoms with van der Waals surface area (Å²) in [4.78, 5) is 137. The third-order valence-electron chi connectivity index (χ3n) is 12.4. The van der Waals surface area contributed by atoms with Crippen LogP contribution in [0.25, 0.3) is 0 Å². The van der Waals surface area contributed by atoms with Gasteiger partial charge < -0.3 is 63.0 Å². The van der Waals surface area contributed by atoms with Crippen LogP contribution in [0, 0.1) is 17.8 Å². The highest BCUT2D eigenvalue weighted by atomic mass is 32.1. The number of aliphatic hydroxyl groups excluding tert-OH is 1. The number of benzene rings is 1. The predicted octanol–water partition coefficient (Wildman–Crippen LogP) is -1.24. The molecule has 396 valence electrons. The van der Waals surface area contributed by atoms with Crippen LogP contribution in [0.4, 0.5) is 0 Å². The normalized spacial score (nSPS) is 19.0. The van der Waals surface area contributed by atoms with E-state index in [1.807, 2.05) is 27.7 Å². The number of hydrogen-bond acceptors (Lipinski definition) is 14. The van der Waals surface area contributed by atoms with Gasteiger partial charge in [-0.2, -0.15) is 12.6 Å². The Bertz CT molecular complexity index is 2060. The minimum absolute atomic E-state index is 0.0474. The Labute approximate surface area is 426 Å². The first-order valence-corrected chi connectivity index (χ1v) is 25.2. The van der Waals surface area contributed by atoms with Crippen molar-refractivity contribution in [2.24, 2.45) is 23.5 Å². The highest BCUT2D eigenvalue weighted by Gasteiger charge is 2.42. The monoisotopic (exact) mass is 1030 g/mol. The third-order valence-corrected chi connectivity index (χ3v) is 13.1. The number of aliphatic hydroxyl groups is 1. The summed E-state index contributed by atoms with van der Waals surface area (Å²) in [5.74, 6) is -7.87. The molecule has 2 heterocycles. The number of aromatic hydroxyl groups is 1. The van der Waals surface area contributed by atoms with E-state index < -0.39 is 125 Å². The summed E-state index contributed by atoms with van der Waals surface area (Å²) < 4.78 is 0. The van der Waals surface area contributed by atoms with Crippen LogP contribution >= 0.6 is 25.3 Å². The van der Waals surface area contributed by atoms with Crippen molar-refractivity contribution in [1.29, 1.82) is 0 Å². The van der Waals surface area contributed by atoms with Crippen LogP contribution in [-0.2, 0) is 54.4 Å². The maximum atomic E-state index is 14.7. The van der Waals surface area contributed by atoms with Gasteiger partial charge in [0.15, 0.2) is 5.37 Å². The van der Waals surface area contributed by atoms with Crippen molar-refractivity contribution in [2.75, 3.05) is 25.4 Å². The van der Waals surface area contributed by atoms with Crippen LogP contribution in [0.15, 0.2) is 24.3 Å². The number of phenolic OH excluding ortho intramolecular Hbond substituents is 1. The average molecular weight is 1040 g/mol. The molecule has 2 saturated heterocycles. The number of amides is 10. The second-order valence-electron chi connectivity index (χ2n) is 19.1. The van der Waals surface area contributed by atoms with Crippen LogP contribution in [0.5, 0.6) is 5.75 Å². The average Bonchev–Trinajstić information content (AvgIpc) is 4.01. The Hall–Kier alpha value is -5.62. The third kappa shape index (κ3) is 17.9. The fourth-order valence-corrected chi connectivity index (χ4v) is 8.99. The van der Waals surface area contributed by atoms with Crippen LogP contribution in [0.2, 0.25) is 0 Å². The summed E-state index contributed by atoms with van der Waals surface area (Å²) in [6, 6.07) is -3.72. The fraction of sp³-hybridized carbons (Fsp3) is 0.660.